The Hall–Kier alpha value is -2.14. The minimum absolute atomic E-state index is 0.522. The number of anilines is 1. The molecule has 2 rings (SSSR count). The molecule has 1 aromatic heterocycles. The zero-order chi connectivity index (χ0) is 14.0. The molecule has 1 aromatic carbocycles. The number of ether oxygens (including phenoxy) is 1. The van der Waals surface area contributed by atoms with Crippen molar-refractivity contribution in [3.05, 3.63) is 40.7 Å². The van der Waals surface area contributed by atoms with Gasteiger partial charge in [0, 0.05) is 0 Å². The molecule has 0 aliphatic carbocycles. The van der Waals surface area contributed by atoms with Gasteiger partial charge in [0.15, 0.2) is 0 Å². The normalized spacial score (nSPS) is 10.4. The van der Waals surface area contributed by atoms with Crippen LogP contribution in [0.15, 0.2) is 18.2 Å². The number of nitrogens with two attached hydrogens (primary N) is 1. The Morgan fingerprint density at radius 2 is 1.84 bits per heavy atom. The fraction of sp³-hybridized carbons (Fsp3) is 0.286. The fourth-order valence-corrected chi connectivity index (χ4v) is 1.76. The molecule has 0 atom stereocenters. The molecular formula is C14H18N4O. The Kier molecular flexibility index (Phi) is 3.66. The zero-order valence-corrected chi connectivity index (χ0v) is 11.6. The second-order valence-electron chi connectivity index (χ2n) is 4.56. The van der Waals surface area contributed by atoms with E-state index in [-0.39, 0.29) is 0 Å². The number of aromatic nitrogens is 2. The number of nitrogens with zero attached hydrogens (tertiary/aromatic N) is 2. The molecule has 5 heteroatoms. The summed E-state index contributed by atoms with van der Waals surface area (Å²) in [5.41, 5.74) is 5.54. The van der Waals surface area contributed by atoms with Gasteiger partial charge in [0.05, 0.1) is 5.56 Å². The van der Waals surface area contributed by atoms with Gasteiger partial charge in [-0.1, -0.05) is 12.1 Å². The van der Waals surface area contributed by atoms with Crippen molar-refractivity contribution < 1.29 is 4.74 Å². The molecule has 1 heterocycles. The van der Waals surface area contributed by atoms with Crippen LogP contribution in [0.25, 0.3) is 0 Å². The van der Waals surface area contributed by atoms with E-state index in [0.717, 1.165) is 22.4 Å². The topological polar surface area (TPSA) is 73.1 Å². The fourth-order valence-electron chi connectivity index (χ4n) is 1.76. The molecule has 2 aromatic rings. The summed E-state index contributed by atoms with van der Waals surface area (Å²) in [7, 11) is 0. The minimum atomic E-state index is 0.522. The third-order valence-corrected chi connectivity index (χ3v) is 2.90. The predicted octanol–water partition coefficient (Wildman–Crippen LogP) is 2.79. The summed E-state index contributed by atoms with van der Waals surface area (Å²) < 4.78 is 5.90. The van der Waals surface area contributed by atoms with Crippen LogP contribution in [0.1, 0.15) is 22.5 Å². The van der Waals surface area contributed by atoms with E-state index < -0.39 is 0 Å². The second kappa shape index (κ2) is 5.24. The maximum atomic E-state index is 5.90. The van der Waals surface area contributed by atoms with E-state index in [1.807, 2.05) is 39.0 Å². The molecule has 100 valence electrons. The van der Waals surface area contributed by atoms with Gasteiger partial charge in [-0.3, -0.25) is 0 Å². The van der Waals surface area contributed by atoms with E-state index in [1.165, 1.54) is 0 Å². The molecule has 0 bridgehead atoms. The first-order valence-corrected chi connectivity index (χ1v) is 6.08. The van der Waals surface area contributed by atoms with Crippen molar-refractivity contribution in [1.82, 2.24) is 9.97 Å². The summed E-state index contributed by atoms with van der Waals surface area (Å²) in [5.74, 6) is 7.94. The number of hydrazine groups is 1. The molecule has 3 N–H and O–H groups in total. The van der Waals surface area contributed by atoms with Crippen LogP contribution in [0.5, 0.6) is 11.6 Å². The van der Waals surface area contributed by atoms with E-state index in [0.29, 0.717) is 17.5 Å². The van der Waals surface area contributed by atoms with Gasteiger partial charge in [0.2, 0.25) is 5.88 Å². The molecule has 19 heavy (non-hydrogen) atoms. The van der Waals surface area contributed by atoms with Gasteiger partial charge in [0.1, 0.15) is 17.4 Å². The summed E-state index contributed by atoms with van der Waals surface area (Å²) in [6.07, 6.45) is 0. The Labute approximate surface area is 112 Å². The number of hydrogen-bond donors (Lipinski definition) is 2. The maximum Gasteiger partial charge on any atom is 0.227 e. The average molecular weight is 258 g/mol. The monoisotopic (exact) mass is 258 g/mol. The van der Waals surface area contributed by atoms with E-state index in [2.05, 4.69) is 15.4 Å². The predicted molar refractivity (Wildman–Crippen MR) is 75.3 cm³/mol. The number of benzene rings is 1. The number of nitrogen functional groups attached to an aromatic ring is 1. The van der Waals surface area contributed by atoms with E-state index in [1.54, 1.807) is 6.92 Å². The summed E-state index contributed by atoms with van der Waals surface area (Å²) in [6, 6.07) is 6.06. The van der Waals surface area contributed by atoms with Crippen molar-refractivity contribution in [1.29, 1.82) is 0 Å². The Morgan fingerprint density at radius 1 is 1.11 bits per heavy atom. The van der Waals surface area contributed by atoms with Crippen LogP contribution in [-0.4, -0.2) is 9.97 Å². The molecule has 0 spiro atoms. The highest BCUT2D eigenvalue weighted by Gasteiger charge is 2.11. The van der Waals surface area contributed by atoms with Crippen molar-refractivity contribution in [2.75, 3.05) is 5.43 Å². The Balaban J connectivity index is 2.43. The first-order valence-electron chi connectivity index (χ1n) is 6.08. The highest BCUT2D eigenvalue weighted by molar-refractivity contribution is 5.49. The highest BCUT2D eigenvalue weighted by atomic mass is 16.5. The van der Waals surface area contributed by atoms with Crippen LogP contribution in [0, 0.1) is 27.7 Å². The standard InChI is InChI=1S/C14H18N4O/c1-8-5-6-9(2)12(7-8)19-14-10(3)13(18-15)16-11(4)17-14/h5-7H,15H2,1-4H3,(H,16,17,18). The lowest BCUT2D eigenvalue weighted by Gasteiger charge is -2.13. The molecule has 0 radical (unpaired) electrons. The Morgan fingerprint density at radius 3 is 2.53 bits per heavy atom. The van der Waals surface area contributed by atoms with Crippen LogP contribution in [-0.2, 0) is 0 Å². The first-order chi connectivity index (χ1) is 9.01. The molecule has 0 saturated carbocycles. The lowest BCUT2D eigenvalue weighted by atomic mass is 10.1. The van der Waals surface area contributed by atoms with Gasteiger partial charge in [-0.05, 0) is 44.9 Å². The van der Waals surface area contributed by atoms with Crippen molar-refractivity contribution in [2.24, 2.45) is 5.84 Å². The molecule has 0 unspecified atom stereocenters. The molecule has 0 fully saturated rings. The van der Waals surface area contributed by atoms with Gasteiger partial charge >= 0.3 is 0 Å². The zero-order valence-electron chi connectivity index (χ0n) is 11.6. The Bertz CT molecular complexity index is 611. The minimum Gasteiger partial charge on any atom is -0.438 e. The van der Waals surface area contributed by atoms with Gasteiger partial charge in [-0.2, -0.15) is 4.98 Å². The number of hydrogen-bond acceptors (Lipinski definition) is 5. The summed E-state index contributed by atoms with van der Waals surface area (Å²) in [6.45, 7) is 7.70. The quantitative estimate of drug-likeness (QED) is 0.654. The van der Waals surface area contributed by atoms with Crippen LogP contribution in [0.4, 0.5) is 5.82 Å². The van der Waals surface area contributed by atoms with Crippen LogP contribution >= 0.6 is 0 Å². The molecular weight excluding hydrogens is 240 g/mol. The van der Waals surface area contributed by atoms with Crippen molar-refractivity contribution in [3.63, 3.8) is 0 Å². The van der Waals surface area contributed by atoms with Crippen molar-refractivity contribution >= 4 is 5.82 Å². The van der Waals surface area contributed by atoms with Crippen LogP contribution in [0.2, 0.25) is 0 Å². The summed E-state index contributed by atoms with van der Waals surface area (Å²) in [4.78, 5) is 8.52. The largest absolute Gasteiger partial charge is 0.438 e. The van der Waals surface area contributed by atoms with Gasteiger partial charge in [0.25, 0.3) is 0 Å². The third-order valence-electron chi connectivity index (χ3n) is 2.90. The first kappa shape index (κ1) is 13.3. The molecule has 0 aliphatic heterocycles. The number of nitrogens with one attached hydrogen (secondary N) is 1. The molecule has 0 saturated heterocycles. The number of aryl methyl sites for hydroxylation is 3. The smallest absolute Gasteiger partial charge is 0.227 e. The molecule has 5 nitrogen and oxygen atoms in total. The van der Waals surface area contributed by atoms with Gasteiger partial charge in [-0.25, -0.2) is 10.8 Å². The van der Waals surface area contributed by atoms with E-state index >= 15 is 0 Å². The lowest BCUT2D eigenvalue weighted by Crippen LogP contribution is -2.12. The molecule has 0 amide bonds. The lowest BCUT2D eigenvalue weighted by molar-refractivity contribution is 0.452. The number of rotatable bonds is 3. The van der Waals surface area contributed by atoms with Gasteiger partial charge < -0.3 is 10.2 Å². The van der Waals surface area contributed by atoms with Gasteiger partial charge in [-0.15, -0.1) is 0 Å². The summed E-state index contributed by atoms with van der Waals surface area (Å²) >= 11 is 0. The average Bonchev–Trinajstić information content (AvgIpc) is 2.37. The van der Waals surface area contributed by atoms with Crippen molar-refractivity contribution in [2.45, 2.75) is 27.7 Å². The third kappa shape index (κ3) is 2.82. The SMILES string of the molecule is Cc1ccc(C)c(Oc2nc(C)nc(NN)c2C)c1. The van der Waals surface area contributed by atoms with E-state index in [9.17, 15) is 0 Å². The highest BCUT2D eigenvalue weighted by Crippen LogP contribution is 2.29. The van der Waals surface area contributed by atoms with E-state index in [4.69, 9.17) is 10.6 Å². The van der Waals surface area contributed by atoms with Crippen LogP contribution in [0.3, 0.4) is 0 Å². The molecule has 0 aliphatic rings. The van der Waals surface area contributed by atoms with Crippen LogP contribution < -0.4 is 16.0 Å². The second-order valence-corrected chi connectivity index (χ2v) is 4.56. The van der Waals surface area contributed by atoms with Crippen molar-refractivity contribution in [3.8, 4) is 11.6 Å². The summed E-state index contributed by atoms with van der Waals surface area (Å²) in [5, 5.41) is 0. The maximum absolute atomic E-state index is 5.90.